The van der Waals surface area contributed by atoms with Gasteiger partial charge in [-0.15, -0.1) is 0 Å². The minimum atomic E-state index is -0.0458. The lowest BCUT2D eigenvalue weighted by Crippen LogP contribution is -2.38. The maximum Gasteiger partial charge on any atom is 0.254 e. The number of nitrogens with one attached hydrogen (secondary N) is 1. The van der Waals surface area contributed by atoms with E-state index >= 15 is 0 Å². The molecule has 1 amide bonds. The number of carbonyl (C=O) groups is 1. The normalized spacial score (nSPS) is 15.5. The molecule has 1 saturated heterocycles. The van der Waals surface area contributed by atoms with E-state index in [-0.39, 0.29) is 5.91 Å². The van der Waals surface area contributed by atoms with Crippen LogP contribution in [-0.4, -0.2) is 41.2 Å². The van der Waals surface area contributed by atoms with Crippen LogP contribution in [0.5, 0.6) is 0 Å². The minimum Gasteiger partial charge on any atom is -0.318 e. The first kappa shape index (κ1) is 18.4. The van der Waals surface area contributed by atoms with Crippen LogP contribution in [0.15, 0.2) is 35.4 Å². The highest BCUT2D eigenvalue weighted by atomic mass is 16.2. The van der Waals surface area contributed by atoms with E-state index in [2.05, 4.69) is 71.1 Å². The van der Waals surface area contributed by atoms with E-state index in [0.717, 1.165) is 35.7 Å². The van der Waals surface area contributed by atoms with E-state index < -0.39 is 0 Å². The van der Waals surface area contributed by atoms with Gasteiger partial charge in [0.15, 0.2) is 0 Å². The standard InChI is InChI=1S/C21H28N4O/c1-16-7-9-20(10-8-16)25-17(2)13-19(18(25)3)14-22-23-21(26)15-24-11-5-4-6-12-24/h7-10,13-14H,4-6,11-12,15H2,1-3H3,(H,23,26)/b22-14+. The summed E-state index contributed by atoms with van der Waals surface area (Å²) in [6.45, 7) is 8.69. The van der Waals surface area contributed by atoms with Crippen LogP contribution in [0.3, 0.4) is 0 Å². The number of piperidine rings is 1. The first-order valence-electron chi connectivity index (χ1n) is 9.35. The number of hydrogen-bond donors (Lipinski definition) is 1. The van der Waals surface area contributed by atoms with Gasteiger partial charge in [-0.2, -0.15) is 5.10 Å². The Morgan fingerprint density at radius 2 is 1.81 bits per heavy atom. The monoisotopic (exact) mass is 352 g/mol. The molecule has 0 unspecified atom stereocenters. The molecule has 5 heteroatoms. The van der Waals surface area contributed by atoms with Gasteiger partial charge in [0.2, 0.25) is 0 Å². The maximum absolute atomic E-state index is 12.0. The van der Waals surface area contributed by atoms with Crippen molar-refractivity contribution < 1.29 is 4.79 Å². The number of rotatable bonds is 5. The summed E-state index contributed by atoms with van der Waals surface area (Å²) in [6, 6.07) is 10.6. The molecule has 0 atom stereocenters. The third kappa shape index (κ3) is 4.41. The van der Waals surface area contributed by atoms with Crippen molar-refractivity contribution in [3.8, 4) is 5.69 Å². The Morgan fingerprint density at radius 3 is 2.50 bits per heavy atom. The SMILES string of the molecule is Cc1ccc(-n2c(C)cc(/C=N/NC(=O)CN3CCCCC3)c2C)cc1. The topological polar surface area (TPSA) is 49.6 Å². The van der Waals surface area contributed by atoms with Crippen LogP contribution in [-0.2, 0) is 4.79 Å². The number of amides is 1. The Bertz CT molecular complexity index is 783. The first-order chi connectivity index (χ1) is 12.5. The fourth-order valence-electron chi connectivity index (χ4n) is 3.54. The molecule has 1 N–H and O–H groups in total. The van der Waals surface area contributed by atoms with Crippen LogP contribution in [0.25, 0.3) is 5.69 Å². The Labute approximate surface area is 155 Å². The summed E-state index contributed by atoms with van der Waals surface area (Å²) < 4.78 is 2.20. The second-order valence-electron chi connectivity index (χ2n) is 7.13. The van der Waals surface area contributed by atoms with Gasteiger partial charge in [0.05, 0.1) is 12.8 Å². The van der Waals surface area contributed by atoms with Crippen molar-refractivity contribution in [1.29, 1.82) is 0 Å². The van der Waals surface area contributed by atoms with Gasteiger partial charge in [-0.1, -0.05) is 24.1 Å². The van der Waals surface area contributed by atoms with Gasteiger partial charge in [-0.05, 0) is 64.9 Å². The zero-order valence-electron chi connectivity index (χ0n) is 16.0. The lowest BCUT2D eigenvalue weighted by Gasteiger charge is -2.25. The number of carbonyl (C=O) groups excluding carboxylic acids is 1. The molecule has 5 nitrogen and oxygen atoms in total. The van der Waals surface area contributed by atoms with Gasteiger partial charge >= 0.3 is 0 Å². The Morgan fingerprint density at radius 1 is 1.12 bits per heavy atom. The maximum atomic E-state index is 12.0. The lowest BCUT2D eigenvalue weighted by molar-refractivity contribution is -0.122. The van der Waals surface area contributed by atoms with Gasteiger partial charge in [0.25, 0.3) is 5.91 Å². The third-order valence-corrected chi connectivity index (χ3v) is 4.97. The predicted molar refractivity (Wildman–Crippen MR) is 106 cm³/mol. The Balaban J connectivity index is 1.64. The summed E-state index contributed by atoms with van der Waals surface area (Å²) >= 11 is 0. The molecule has 0 aliphatic carbocycles. The molecule has 26 heavy (non-hydrogen) atoms. The number of hydrazone groups is 1. The fraction of sp³-hybridized carbons (Fsp3) is 0.429. The molecule has 1 fully saturated rings. The number of hydrogen-bond acceptors (Lipinski definition) is 3. The van der Waals surface area contributed by atoms with Gasteiger partial charge < -0.3 is 4.57 Å². The van der Waals surface area contributed by atoms with Gasteiger partial charge in [0, 0.05) is 22.6 Å². The molecular formula is C21H28N4O. The van der Waals surface area contributed by atoms with E-state index in [1.165, 1.54) is 24.8 Å². The number of aryl methyl sites for hydroxylation is 2. The van der Waals surface area contributed by atoms with E-state index in [9.17, 15) is 4.79 Å². The summed E-state index contributed by atoms with van der Waals surface area (Å²) in [6.07, 6.45) is 5.37. The minimum absolute atomic E-state index is 0.0458. The van der Waals surface area contributed by atoms with Gasteiger partial charge in [0.1, 0.15) is 0 Å². The molecule has 0 bridgehead atoms. The average Bonchev–Trinajstić information content (AvgIpc) is 2.90. The summed E-state index contributed by atoms with van der Waals surface area (Å²) in [7, 11) is 0. The second kappa shape index (κ2) is 8.32. The molecule has 0 radical (unpaired) electrons. The van der Waals surface area contributed by atoms with Gasteiger partial charge in [-0.3, -0.25) is 9.69 Å². The summed E-state index contributed by atoms with van der Waals surface area (Å²) in [5.41, 5.74) is 8.32. The zero-order valence-corrected chi connectivity index (χ0v) is 16.0. The molecule has 2 aromatic rings. The smallest absolute Gasteiger partial charge is 0.254 e. The highest BCUT2D eigenvalue weighted by Crippen LogP contribution is 2.20. The molecule has 1 aromatic heterocycles. The van der Waals surface area contributed by atoms with Crippen molar-refractivity contribution in [2.45, 2.75) is 40.0 Å². The molecule has 0 saturated carbocycles. The molecule has 1 aliphatic rings. The number of aromatic nitrogens is 1. The molecular weight excluding hydrogens is 324 g/mol. The third-order valence-electron chi connectivity index (χ3n) is 4.97. The molecule has 1 aromatic carbocycles. The highest BCUT2D eigenvalue weighted by molar-refractivity contribution is 5.84. The molecule has 3 rings (SSSR count). The van der Waals surface area contributed by atoms with Crippen LogP contribution < -0.4 is 5.43 Å². The first-order valence-corrected chi connectivity index (χ1v) is 9.35. The van der Waals surface area contributed by atoms with Crippen molar-refractivity contribution >= 4 is 12.1 Å². The van der Waals surface area contributed by atoms with Crippen LogP contribution in [0.4, 0.5) is 0 Å². The van der Waals surface area contributed by atoms with Crippen molar-refractivity contribution in [2.24, 2.45) is 5.10 Å². The van der Waals surface area contributed by atoms with Crippen molar-refractivity contribution in [2.75, 3.05) is 19.6 Å². The van der Waals surface area contributed by atoms with Crippen LogP contribution >= 0.6 is 0 Å². The quantitative estimate of drug-likeness (QED) is 0.663. The Hall–Kier alpha value is -2.40. The Kier molecular flexibility index (Phi) is 5.89. The molecule has 138 valence electrons. The summed E-state index contributed by atoms with van der Waals surface area (Å²) in [5.74, 6) is -0.0458. The van der Waals surface area contributed by atoms with Crippen LogP contribution in [0, 0.1) is 20.8 Å². The van der Waals surface area contributed by atoms with Crippen LogP contribution in [0.2, 0.25) is 0 Å². The fourth-order valence-corrected chi connectivity index (χ4v) is 3.54. The summed E-state index contributed by atoms with van der Waals surface area (Å²) in [5, 5.41) is 4.17. The second-order valence-corrected chi connectivity index (χ2v) is 7.13. The highest BCUT2D eigenvalue weighted by Gasteiger charge is 2.13. The van der Waals surface area contributed by atoms with E-state index in [0.29, 0.717) is 6.54 Å². The number of likely N-dealkylation sites (tertiary alicyclic amines) is 1. The van der Waals surface area contributed by atoms with Crippen molar-refractivity contribution in [3.63, 3.8) is 0 Å². The van der Waals surface area contributed by atoms with Crippen LogP contribution in [0.1, 0.15) is 41.8 Å². The van der Waals surface area contributed by atoms with E-state index in [1.807, 2.05) is 0 Å². The predicted octanol–water partition coefficient (Wildman–Crippen LogP) is 3.34. The van der Waals surface area contributed by atoms with E-state index in [4.69, 9.17) is 0 Å². The van der Waals surface area contributed by atoms with Crippen molar-refractivity contribution in [1.82, 2.24) is 14.9 Å². The largest absolute Gasteiger partial charge is 0.318 e. The van der Waals surface area contributed by atoms with E-state index in [1.54, 1.807) is 6.21 Å². The lowest BCUT2D eigenvalue weighted by atomic mass is 10.1. The summed E-state index contributed by atoms with van der Waals surface area (Å²) in [4.78, 5) is 14.2. The average molecular weight is 352 g/mol. The molecule has 1 aliphatic heterocycles. The molecule has 0 spiro atoms. The number of benzene rings is 1. The number of nitrogens with zero attached hydrogens (tertiary/aromatic N) is 3. The zero-order chi connectivity index (χ0) is 18.5. The van der Waals surface area contributed by atoms with Gasteiger partial charge in [-0.25, -0.2) is 5.43 Å². The van der Waals surface area contributed by atoms with Crippen molar-refractivity contribution in [3.05, 3.63) is 52.8 Å². The molecule has 2 heterocycles.